The highest BCUT2D eigenvalue weighted by Gasteiger charge is 2.30. The lowest BCUT2D eigenvalue weighted by atomic mass is 10.1. The molecule has 0 aliphatic heterocycles. The number of thioether (sulfide) groups is 1. The zero-order valence-corrected chi connectivity index (χ0v) is 15.1. The number of hydrogen-bond donors (Lipinski definition) is 1. The zero-order chi connectivity index (χ0) is 18.0. The highest BCUT2D eigenvalue weighted by Crippen LogP contribution is 2.32. The third-order valence-corrected chi connectivity index (χ3v) is 5.11. The summed E-state index contributed by atoms with van der Waals surface area (Å²) in [5.74, 6) is 6.81. The van der Waals surface area contributed by atoms with Gasteiger partial charge in [0.25, 0.3) is 0 Å². The van der Waals surface area contributed by atoms with E-state index in [-0.39, 0.29) is 0 Å². The van der Waals surface area contributed by atoms with Crippen molar-refractivity contribution in [3.05, 3.63) is 64.1 Å². The maximum atomic E-state index is 12.8. The van der Waals surface area contributed by atoms with Crippen molar-refractivity contribution in [2.45, 2.75) is 17.1 Å². The molecule has 3 rings (SSSR count). The van der Waals surface area contributed by atoms with Crippen molar-refractivity contribution in [2.24, 2.45) is 0 Å². The van der Waals surface area contributed by atoms with Crippen molar-refractivity contribution in [2.75, 3.05) is 5.84 Å². The lowest BCUT2D eigenvalue weighted by molar-refractivity contribution is -0.137. The summed E-state index contributed by atoms with van der Waals surface area (Å²) in [7, 11) is 0. The van der Waals surface area contributed by atoms with Crippen LogP contribution in [0.2, 0.25) is 0 Å². The summed E-state index contributed by atoms with van der Waals surface area (Å²) in [6.07, 6.45) is -4.36. The Bertz CT molecular complexity index is 895. The summed E-state index contributed by atoms with van der Waals surface area (Å²) in [5, 5.41) is 8.52. The fourth-order valence-corrected chi connectivity index (χ4v) is 3.45. The van der Waals surface area contributed by atoms with Crippen LogP contribution in [0.15, 0.2) is 58.2 Å². The first-order valence-corrected chi connectivity index (χ1v) is 8.88. The van der Waals surface area contributed by atoms with Gasteiger partial charge in [-0.25, -0.2) is 4.68 Å². The quantitative estimate of drug-likeness (QED) is 0.481. The molecule has 1 heterocycles. The molecule has 0 saturated carbocycles. The molecule has 130 valence electrons. The summed E-state index contributed by atoms with van der Waals surface area (Å²) < 4.78 is 40.5. The Kier molecular flexibility index (Phi) is 5.05. The Morgan fingerprint density at radius 1 is 1.08 bits per heavy atom. The van der Waals surface area contributed by atoms with Gasteiger partial charge in [0.05, 0.1) is 5.56 Å². The summed E-state index contributed by atoms with van der Waals surface area (Å²) in [6.45, 7) is 0. The molecule has 0 aliphatic carbocycles. The van der Waals surface area contributed by atoms with Crippen LogP contribution >= 0.6 is 27.7 Å². The van der Waals surface area contributed by atoms with E-state index in [2.05, 4.69) is 26.1 Å². The molecule has 3 aromatic rings. The molecule has 0 spiro atoms. The molecule has 1 aromatic heterocycles. The standard InChI is InChI=1S/C16H12BrF3N4S/c17-13-7-2-1-6-12(13)14-22-23-15(24(14)21)25-9-10-4-3-5-11(8-10)16(18,19)20/h1-8H,9,21H2. The van der Waals surface area contributed by atoms with Crippen molar-refractivity contribution in [3.8, 4) is 11.4 Å². The van der Waals surface area contributed by atoms with Crippen LogP contribution in [0.5, 0.6) is 0 Å². The molecule has 2 N–H and O–H groups in total. The molecule has 4 nitrogen and oxygen atoms in total. The second kappa shape index (κ2) is 7.09. The van der Waals surface area contributed by atoms with Crippen molar-refractivity contribution in [1.82, 2.24) is 14.9 Å². The van der Waals surface area contributed by atoms with Crippen LogP contribution < -0.4 is 5.84 Å². The molecule has 0 amide bonds. The third-order valence-electron chi connectivity index (χ3n) is 3.40. The van der Waals surface area contributed by atoms with E-state index in [1.54, 1.807) is 6.07 Å². The van der Waals surface area contributed by atoms with Gasteiger partial charge in [-0.05, 0) is 23.8 Å². The minimum absolute atomic E-state index is 0.301. The number of aromatic nitrogens is 3. The number of nitrogen functional groups attached to an aromatic ring is 1. The SMILES string of the molecule is Nn1c(SCc2cccc(C(F)(F)F)c2)nnc1-c1ccccc1Br. The van der Waals surface area contributed by atoms with Gasteiger partial charge in [0.1, 0.15) is 0 Å². The van der Waals surface area contributed by atoms with Gasteiger partial charge in [-0.2, -0.15) is 13.2 Å². The minimum Gasteiger partial charge on any atom is -0.335 e. The summed E-state index contributed by atoms with van der Waals surface area (Å²) in [4.78, 5) is 0. The molecule has 0 fully saturated rings. The van der Waals surface area contributed by atoms with E-state index < -0.39 is 11.7 Å². The smallest absolute Gasteiger partial charge is 0.335 e. The van der Waals surface area contributed by atoms with Gasteiger partial charge >= 0.3 is 6.18 Å². The number of benzene rings is 2. The zero-order valence-electron chi connectivity index (χ0n) is 12.7. The Hall–Kier alpha value is -2.00. The normalized spacial score (nSPS) is 11.7. The molecule has 0 radical (unpaired) electrons. The predicted molar refractivity (Wildman–Crippen MR) is 94.3 cm³/mol. The largest absolute Gasteiger partial charge is 0.416 e. The van der Waals surface area contributed by atoms with Crippen LogP contribution in [0.25, 0.3) is 11.4 Å². The summed E-state index contributed by atoms with van der Waals surface area (Å²) in [5.41, 5.74) is 0.641. The Morgan fingerprint density at radius 2 is 1.84 bits per heavy atom. The topological polar surface area (TPSA) is 56.7 Å². The van der Waals surface area contributed by atoms with Crippen LogP contribution in [-0.4, -0.2) is 14.9 Å². The number of rotatable bonds is 4. The first-order chi connectivity index (χ1) is 11.9. The second-order valence-electron chi connectivity index (χ2n) is 5.14. The number of nitrogens with zero attached hydrogens (tertiary/aromatic N) is 3. The Labute approximate surface area is 154 Å². The Morgan fingerprint density at radius 3 is 2.56 bits per heavy atom. The monoisotopic (exact) mass is 428 g/mol. The van der Waals surface area contributed by atoms with Crippen LogP contribution in [-0.2, 0) is 11.9 Å². The number of nitrogens with two attached hydrogens (primary N) is 1. The van der Waals surface area contributed by atoms with Crippen LogP contribution in [0.4, 0.5) is 13.2 Å². The molecular weight excluding hydrogens is 417 g/mol. The van der Waals surface area contributed by atoms with Crippen molar-refractivity contribution < 1.29 is 13.2 Å². The molecule has 0 bridgehead atoms. The van der Waals surface area contributed by atoms with Crippen molar-refractivity contribution in [3.63, 3.8) is 0 Å². The maximum absolute atomic E-state index is 12.8. The van der Waals surface area contributed by atoms with Gasteiger partial charge in [-0.15, -0.1) is 10.2 Å². The number of hydrogen-bond acceptors (Lipinski definition) is 4. The van der Waals surface area contributed by atoms with Crippen molar-refractivity contribution >= 4 is 27.7 Å². The average Bonchev–Trinajstić information content (AvgIpc) is 2.94. The summed E-state index contributed by atoms with van der Waals surface area (Å²) in [6, 6.07) is 12.6. The van der Waals surface area contributed by atoms with E-state index in [0.29, 0.717) is 22.3 Å². The van der Waals surface area contributed by atoms with E-state index >= 15 is 0 Å². The number of halogens is 4. The second-order valence-corrected chi connectivity index (χ2v) is 6.94. The van der Waals surface area contributed by atoms with Crippen LogP contribution in [0, 0.1) is 0 Å². The molecule has 9 heteroatoms. The van der Waals surface area contributed by atoms with E-state index in [9.17, 15) is 13.2 Å². The van der Waals surface area contributed by atoms with E-state index in [0.717, 1.165) is 22.2 Å². The van der Waals surface area contributed by atoms with Crippen LogP contribution in [0.1, 0.15) is 11.1 Å². The molecular formula is C16H12BrF3N4S. The average molecular weight is 429 g/mol. The van der Waals surface area contributed by atoms with Gasteiger partial charge in [0.2, 0.25) is 5.16 Å². The third kappa shape index (κ3) is 3.98. The number of alkyl halides is 3. The first kappa shape index (κ1) is 17.8. The molecule has 0 saturated heterocycles. The molecule has 0 atom stereocenters. The van der Waals surface area contributed by atoms with E-state index in [4.69, 9.17) is 5.84 Å². The molecule has 25 heavy (non-hydrogen) atoms. The molecule has 2 aromatic carbocycles. The van der Waals surface area contributed by atoms with Gasteiger partial charge in [0.15, 0.2) is 5.82 Å². The summed E-state index contributed by atoms with van der Waals surface area (Å²) >= 11 is 4.65. The highest BCUT2D eigenvalue weighted by atomic mass is 79.9. The molecule has 0 aliphatic rings. The fraction of sp³-hybridized carbons (Fsp3) is 0.125. The maximum Gasteiger partial charge on any atom is 0.416 e. The van der Waals surface area contributed by atoms with Gasteiger partial charge in [-0.3, -0.25) is 0 Å². The fourth-order valence-electron chi connectivity index (χ4n) is 2.19. The van der Waals surface area contributed by atoms with Gasteiger partial charge in [-0.1, -0.05) is 58.0 Å². The van der Waals surface area contributed by atoms with Gasteiger partial charge < -0.3 is 5.84 Å². The van der Waals surface area contributed by atoms with Crippen LogP contribution in [0.3, 0.4) is 0 Å². The van der Waals surface area contributed by atoms with Gasteiger partial charge in [0, 0.05) is 15.8 Å². The van der Waals surface area contributed by atoms with E-state index in [1.165, 1.54) is 22.5 Å². The van der Waals surface area contributed by atoms with E-state index in [1.807, 2.05) is 24.3 Å². The highest BCUT2D eigenvalue weighted by molar-refractivity contribution is 9.10. The van der Waals surface area contributed by atoms with Crippen molar-refractivity contribution in [1.29, 1.82) is 0 Å². The molecule has 0 unspecified atom stereocenters. The lowest BCUT2D eigenvalue weighted by Gasteiger charge is -2.08. The predicted octanol–water partition coefficient (Wildman–Crippen LogP) is 4.73. The first-order valence-electron chi connectivity index (χ1n) is 7.10. The Balaban J connectivity index is 1.78. The minimum atomic E-state index is -4.36. The lowest BCUT2D eigenvalue weighted by Crippen LogP contribution is -2.11.